The highest BCUT2D eigenvalue weighted by Crippen LogP contribution is 2.19. The minimum Gasteiger partial charge on any atom is -0.481 e. The number of imidazole rings is 1. The maximum Gasteiger partial charge on any atom is 0.326 e. The molecule has 4 atom stereocenters. The quantitative estimate of drug-likeness (QED) is 0.223. The summed E-state index contributed by atoms with van der Waals surface area (Å²) in [4.78, 5) is 69.0. The Labute approximate surface area is 190 Å². The van der Waals surface area contributed by atoms with E-state index in [1.807, 2.05) is 0 Å². The fourth-order valence-electron chi connectivity index (χ4n) is 3.66. The van der Waals surface area contributed by atoms with Gasteiger partial charge in [0.2, 0.25) is 17.7 Å². The monoisotopic (exact) mass is 466 g/mol. The SMILES string of the molecule is CC(C)C(NC(=O)C(CC(=O)O)NC(=O)C1CCCN1C(=O)C(N)Cc1cnc[nH]1)C(=O)O. The summed E-state index contributed by atoms with van der Waals surface area (Å²) in [6.45, 7) is 3.45. The van der Waals surface area contributed by atoms with E-state index in [-0.39, 0.29) is 13.0 Å². The molecule has 0 aliphatic carbocycles. The second-order valence-electron chi connectivity index (χ2n) is 8.30. The van der Waals surface area contributed by atoms with Gasteiger partial charge in [0, 0.05) is 24.9 Å². The molecule has 0 radical (unpaired) electrons. The van der Waals surface area contributed by atoms with Crippen molar-refractivity contribution in [3.63, 3.8) is 0 Å². The summed E-state index contributed by atoms with van der Waals surface area (Å²) >= 11 is 0. The van der Waals surface area contributed by atoms with Crippen LogP contribution in [0.15, 0.2) is 12.5 Å². The van der Waals surface area contributed by atoms with Crippen molar-refractivity contribution in [2.24, 2.45) is 11.7 Å². The molecule has 33 heavy (non-hydrogen) atoms. The van der Waals surface area contributed by atoms with Crippen LogP contribution in [-0.2, 0) is 30.4 Å². The predicted octanol–water partition coefficient (Wildman–Crippen LogP) is -1.54. The van der Waals surface area contributed by atoms with Crippen molar-refractivity contribution in [3.05, 3.63) is 18.2 Å². The molecule has 1 aliphatic heterocycles. The Hall–Kier alpha value is -3.48. The van der Waals surface area contributed by atoms with Crippen molar-refractivity contribution in [2.75, 3.05) is 6.54 Å². The zero-order chi connectivity index (χ0) is 24.7. The summed E-state index contributed by atoms with van der Waals surface area (Å²) in [5, 5.41) is 23.1. The van der Waals surface area contributed by atoms with Crippen LogP contribution >= 0.6 is 0 Å². The third-order valence-corrected chi connectivity index (χ3v) is 5.39. The molecule has 2 rings (SSSR count). The lowest BCUT2D eigenvalue weighted by Crippen LogP contribution is -2.57. The normalized spacial score (nSPS) is 18.4. The number of carbonyl (C=O) groups is 5. The van der Waals surface area contributed by atoms with Crippen LogP contribution in [0.2, 0.25) is 0 Å². The van der Waals surface area contributed by atoms with E-state index in [0.717, 1.165) is 0 Å². The molecule has 0 spiro atoms. The van der Waals surface area contributed by atoms with Gasteiger partial charge in [-0.2, -0.15) is 0 Å². The highest BCUT2D eigenvalue weighted by Gasteiger charge is 2.38. The minimum absolute atomic E-state index is 0.194. The highest BCUT2D eigenvalue weighted by molar-refractivity contribution is 5.95. The number of aromatic amines is 1. The molecule has 13 nitrogen and oxygen atoms in total. The first-order valence-corrected chi connectivity index (χ1v) is 10.6. The lowest BCUT2D eigenvalue weighted by molar-refractivity contribution is -0.145. The number of aliphatic carboxylic acids is 2. The van der Waals surface area contributed by atoms with E-state index in [4.69, 9.17) is 10.8 Å². The Morgan fingerprint density at radius 1 is 1.24 bits per heavy atom. The Bertz CT molecular complexity index is 872. The van der Waals surface area contributed by atoms with Crippen LogP contribution in [0.3, 0.4) is 0 Å². The first-order valence-electron chi connectivity index (χ1n) is 10.6. The fraction of sp³-hybridized carbons (Fsp3) is 0.600. The Morgan fingerprint density at radius 2 is 1.94 bits per heavy atom. The van der Waals surface area contributed by atoms with E-state index in [1.165, 1.54) is 17.4 Å². The number of carboxylic acids is 2. The van der Waals surface area contributed by atoms with E-state index in [1.54, 1.807) is 13.8 Å². The minimum atomic E-state index is -1.51. The number of nitrogens with zero attached hydrogens (tertiary/aromatic N) is 2. The third kappa shape index (κ3) is 7.00. The van der Waals surface area contributed by atoms with Crippen LogP contribution in [0.4, 0.5) is 0 Å². The van der Waals surface area contributed by atoms with Gasteiger partial charge < -0.3 is 36.5 Å². The molecule has 2 heterocycles. The summed E-state index contributed by atoms with van der Waals surface area (Å²) in [5.74, 6) is -5.18. The largest absolute Gasteiger partial charge is 0.481 e. The lowest BCUT2D eigenvalue weighted by Gasteiger charge is -2.28. The van der Waals surface area contributed by atoms with E-state index in [2.05, 4.69) is 20.6 Å². The molecule has 0 bridgehead atoms. The molecule has 3 amide bonds. The van der Waals surface area contributed by atoms with Crippen molar-refractivity contribution >= 4 is 29.7 Å². The number of carboxylic acid groups (broad SMARTS) is 2. The van der Waals surface area contributed by atoms with Crippen LogP contribution < -0.4 is 16.4 Å². The number of nitrogens with one attached hydrogen (secondary N) is 3. The van der Waals surface area contributed by atoms with Crippen molar-refractivity contribution in [3.8, 4) is 0 Å². The third-order valence-electron chi connectivity index (χ3n) is 5.39. The molecule has 7 N–H and O–H groups in total. The number of likely N-dealkylation sites (tertiary alicyclic amines) is 1. The van der Waals surface area contributed by atoms with Crippen molar-refractivity contribution in [2.45, 2.75) is 63.7 Å². The fourth-order valence-corrected chi connectivity index (χ4v) is 3.66. The van der Waals surface area contributed by atoms with Gasteiger partial charge in [0.15, 0.2) is 0 Å². The molecule has 1 aromatic rings. The molecular formula is C20H30N6O7. The zero-order valence-corrected chi connectivity index (χ0v) is 18.5. The first kappa shape index (κ1) is 25.8. The molecule has 0 aromatic carbocycles. The number of carbonyl (C=O) groups excluding carboxylic acids is 3. The van der Waals surface area contributed by atoms with E-state index >= 15 is 0 Å². The van der Waals surface area contributed by atoms with Crippen LogP contribution in [0.1, 0.15) is 38.8 Å². The van der Waals surface area contributed by atoms with Crippen LogP contribution in [0.25, 0.3) is 0 Å². The maximum absolute atomic E-state index is 12.9. The predicted molar refractivity (Wildman–Crippen MR) is 114 cm³/mol. The lowest BCUT2D eigenvalue weighted by atomic mass is 10.0. The number of H-pyrrole nitrogens is 1. The van der Waals surface area contributed by atoms with E-state index in [0.29, 0.717) is 18.5 Å². The number of aromatic nitrogens is 2. The van der Waals surface area contributed by atoms with Gasteiger partial charge in [0.05, 0.1) is 18.8 Å². The number of amides is 3. The molecule has 4 unspecified atom stereocenters. The molecule has 1 aliphatic rings. The van der Waals surface area contributed by atoms with Gasteiger partial charge in [0.1, 0.15) is 18.1 Å². The average Bonchev–Trinajstić information content (AvgIpc) is 3.41. The van der Waals surface area contributed by atoms with Crippen molar-refractivity contribution < 1.29 is 34.2 Å². The van der Waals surface area contributed by atoms with Crippen LogP contribution in [0.5, 0.6) is 0 Å². The average molecular weight is 466 g/mol. The van der Waals surface area contributed by atoms with E-state index in [9.17, 15) is 29.1 Å². The molecule has 1 saturated heterocycles. The summed E-state index contributed by atoms with van der Waals surface area (Å²) in [6.07, 6.45) is 3.30. The molecule has 0 saturated carbocycles. The van der Waals surface area contributed by atoms with Crippen LogP contribution in [-0.4, -0.2) is 85.5 Å². The summed E-state index contributed by atoms with van der Waals surface area (Å²) < 4.78 is 0. The summed E-state index contributed by atoms with van der Waals surface area (Å²) in [7, 11) is 0. The maximum atomic E-state index is 12.9. The number of rotatable bonds is 11. The number of nitrogens with two attached hydrogens (primary N) is 1. The number of hydrogen-bond acceptors (Lipinski definition) is 7. The van der Waals surface area contributed by atoms with Gasteiger partial charge in [-0.1, -0.05) is 13.8 Å². The molecule has 1 fully saturated rings. The topological polar surface area (TPSA) is 208 Å². The van der Waals surface area contributed by atoms with Gasteiger partial charge in [0.25, 0.3) is 0 Å². The molecule has 1 aromatic heterocycles. The van der Waals surface area contributed by atoms with Crippen LogP contribution in [0, 0.1) is 5.92 Å². The first-order chi connectivity index (χ1) is 15.5. The van der Waals surface area contributed by atoms with Gasteiger partial charge in [-0.25, -0.2) is 9.78 Å². The Morgan fingerprint density at radius 3 is 2.48 bits per heavy atom. The van der Waals surface area contributed by atoms with E-state index < -0.39 is 66.2 Å². The number of hydrogen-bond donors (Lipinski definition) is 6. The van der Waals surface area contributed by atoms with Gasteiger partial charge in [-0.15, -0.1) is 0 Å². The Kier molecular flexibility index (Phi) is 8.91. The molecule has 182 valence electrons. The Balaban J connectivity index is 2.08. The second kappa shape index (κ2) is 11.4. The van der Waals surface area contributed by atoms with Gasteiger partial charge in [-0.3, -0.25) is 19.2 Å². The van der Waals surface area contributed by atoms with Gasteiger partial charge >= 0.3 is 11.9 Å². The van der Waals surface area contributed by atoms with Crippen molar-refractivity contribution in [1.29, 1.82) is 0 Å². The van der Waals surface area contributed by atoms with Gasteiger partial charge in [-0.05, 0) is 18.8 Å². The highest BCUT2D eigenvalue weighted by atomic mass is 16.4. The standard InChI is InChI=1S/C20H30N6O7/c1-10(2)16(20(32)33)25-17(29)13(7-15(27)28)24-18(30)14-4-3-5-26(14)19(31)12(21)6-11-8-22-9-23-11/h8-10,12-14,16H,3-7,21H2,1-2H3,(H,22,23)(H,24,30)(H,25,29)(H,27,28)(H,32,33). The smallest absolute Gasteiger partial charge is 0.326 e. The summed E-state index contributed by atoms with van der Waals surface area (Å²) in [5.41, 5.74) is 6.67. The zero-order valence-electron chi connectivity index (χ0n) is 18.5. The molecular weight excluding hydrogens is 436 g/mol. The van der Waals surface area contributed by atoms with Crippen molar-refractivity contribution in [1.82, 2.24) is 25.5 Å². The summed E-state index contributed by atoms with van der Waals surface area (Å²) in [6, 6.07) is -4.60. The molecule has 13 heteroatoms. The second-order valence-corrected chi connectivity index (χ2v) is 8.30.